The number of carbonyl (C=O) groups excluding carboxylic acids is 2. The average Bonchev–Trinajstić information content (AvgIpc) is 2.63. The molecule has 2 amide bonds. The normalized spacial score (nSPS) is 11.8. The summed E-state index contributed by atoms with van der Waals surface area (Å²) in [6.07, 6.45) is 0. The molecule has 6 heteroatoms. The lowest BCUT2D eigenvalue weighted by Crippen LogP contribution is -3.11. The molecule has 0 aliphatic heterocycles. The minimum Gasteiger partial charge on any atom is -0.322 e. The summed E-state index contributed by atoms with van der Waals surface area (Å²) in [7, 11) is 1.80. The zero-order valence-electron chi connectivity index (χ0n) is 15.0. The quantitative estimate of drug-likeness (QED) is 0.613. The van der Waals surface area contributed by atoms with E-state index in [-0.39, 0.29) is 24.9 Å². The van der Waals surface area contributed by atoms with Crippen LogP contribution in [0, 0.1) is 0 Å². The highest BCUT2D eigenvalue weighted by molar-refractivity contribution is 6.33. The molecule has 5 nitrogen and oxygen atoms in total. The smallest absolute Gasteiger partial charge is 0.279 e. The number of para-hydroxylation sites is 1. The molecule has 0 saturated carbocycles. The highest BCUT2D eigenvalue weighted by Crippen LogP contribution is 2.20. The van der Waals surface area contributed by atoms with Crippen molar-refractivity contribution in [1.29, 1.82) is 0 Å². The van der Waals surface area contributed by atoms with Gasteiger partial charge in [0.2, 0.25) is 0 Å². The van der Waals surface area contributed by atoms with Crippen LogP contribution in [0.1, 0.15) is 0 Å². The van der Waals surface area contributed by atoms with E-state index in [0.717, 1.165) is 21.4 Å². The lowest BCUT2D eigenvalue weighted by Gasteiger charge is -2.14. The second-order valence-electron chi connectivity index (χ2n) is 6.45. The fourth-order valence-electron chi connectivity index (χ4n) is 2.84. The van der Waals surface area contributed by atoms with Gasteiger partial charge in [0, 0.05) is 5.69 Å². The summed E-state index contributed by atoms with van der Waals surface area (Å²) in [5, 5.41) is 8.31. The van der Waals surface area contributed by atoms with E-state index in [1.165, 1.54) is 0 Å². The Bertz CT molecular complexity index is 974. The van der Waals surface area contributed by atoms with Crippen LogP contribution in [-0.2, 0) is 9.59 Å². The molecule has 0 radical (unpaired) electrons. The molecule has 3 aromatic carbocycles. The molecule has 0 bridgehead atoms. The third kappa shape index (κ3) is 5.29. The Balaban J connectivity index is 1.52. The first-order valence-electron chi connectivity index (χ1n) is 8.65. The van der Waals surface area contributed by atoms with Crippen LogP contribution in [0.15, 0.2) is 66.7 Å². The van der Waals surface area contributed by atoms with Crippen molar-refractivity contribution in [3.05, 3.63) is 71.8 Å². The van der Waals surface area contributed by atoms with E-state index < -0.39 is 0 Å². The fourth-order valence-corrected chi connectivity index (χ4v) is 3.02. The molecule has 0 heterocycles. The number of amides is 2. The summed E-state index contributed by atoms with van der Waals surface area (Å²) in [6.45, 7) is 0.346. The van der Waals surface area contributed by atoms with Crippen molar-refractivity contribution in [3.63, 3.8) is 0 Å². The van der Waals surface area contributed by atoms with E-state index in [0.29, 0.717) is 10.7 Å². The number of fused-ring (bicyclic) bond motifs is 1. The molecular formula is C21H21ClN3O2+. The van der Waals surface area contributed by atoms with Crippen molar-refractivity contribution in [2.75, 3.05) is 30.8 Å². The van der Waals surface area contributed by atoms with Crippen molar-refractivity contribution in [3.8, 4) is 0 Å². The molecule has 3 aromatic rings. The molecule has 0 fully saturated rings. The van der Waals surface area contributed by atoms with Crippen LogP contribution in [0.5, 0.6) is 0 Å². The zero-order valence-corrected chi connectivity index (χ0v) is 15.7. The molecule has 138 valence electrons. The molecule has 1 unspecified atom stereocenters. The van der Waals surface area contributed by atoms with Gasteiger partial charge in [-0.1, -0.05) is 54.1 Å². The second kappa shape index (κ2) is 8.66. The van der Waals surface area contributed by atoms with Gasteiger partial charge in [-0.05, 0) is 35.0 Å². The molecule has 3 rings (SSSR count). The summed E-state index contributed by atoms with van der Waals surface area (Å²) >= 11 is 6.04. The average molecular weight is 383 g/mol. The maximum atomic E-state index is 12.3. The number of rotatable bonds is 6. The lowest BCUT2D eigenvalue weighted by atomic mass is 10.1. The maximum Gasteiger partial charge on any atom is 0.279 e. The number of hydrogen-bond donors (Lipinski definition) is 3. The van der Waals surface area contributed by atoms with Gasteiger partial charge in [0.1, 0.15) is 0 Å². The predicted octanol–water partition coefficient (Wildman–Crippen LogP) is 2.59. The highest BCUT2D eigenvalue weighted by Gasteiger charge is 2.15. The van der Waals surface area contributed by atoms with Crippen LogP contribution in [-0.4, -0.2) is 32.0 Å². The number of quaternary nitrogens is 1. The van der Waals surface area contributed by atoms with Crippen LogP contribution in [0.2, 0.25) is 5.02 Å². The van der Waals surface area contributed by atoms with E-state index >= 15 is 0 Å². The van der Waals surface area contributed by atoms with E-state index in [1.54, 1.807) is 31.3 Å². The molecule has 1 atom stereocenters. The largest absolute Gasteiger partial charge is 0.322 e. The Morgan fingerprint density at radius 2 is 1.48 bits per heavy atom. The minimum absolute atomic E-state index is 0.145. The minimum atomic E-state index is -0.195. The lowest BCUT2D eigenvalue weighted by molar-refractivity contribution is -0.862. The highest BCUT2D eigenvalue weighted by atomic mass is 35.5. The number of halogens is 1. The third-order valence-corrected chi connectivity index (χ3v) is 4.44. The summed E-state index contributed by atoms with van der Waals surface area (Å²) in [6, 6.07) is 20.8. The first-order valence-corrected chi connectivity index (χ1v) is 9.03. The van der Waals surface area contributed by atoms with Gasteiger partial charge >= 0.3 is 0 Å². The van der Waals surface area contributed by atoms with Crippen molar-refractivity contribution in [2.24, 2.45) is 0 Å². The Kier molecular flexibility index (Phi) is 6.06. The number of likely N-dealkylation sites (N-methyl/N-ethyl adjacent to an activating group) is 1. The van der Waals surface area contributed by atoms with Gasteiger partial charge in [-0.3, -0.25) is 9.59 Å². The number of nitrogens with one attached hydrogen (secondary N) is 3. The Morgan fingerprint density at radius 3 is 2.22 bits per heavy atom. The van der Waals surface area contributed by atoms with Crippen LogP contribution in [0.3, 0.4) is 0 Å². The zero-order chi connectivity index (χ0) is 19.2. The second-order valence-corrected chi connectivity index (χ2v) is 6.86. The van der Waals surface area contributed by atoms with E-state index in [9.17, 15) is 9.59 Å². The van der Waals surface area contributed by atoms with Gasteiger partial charge in [-0.2, -0.15) is 0 Å². The standard InChI is InChI=1S/C21H20ClN3O2/c1-25(14-21(27)24-19-9-5-4-8-18(19)22)13-20(26)23-17-11-10-15-6-2-3-7-16(15)12-17/h2-12H,13-14H2,1H3,(H,23,26)(H,24,27)/p+1. The van der Waals surface area contributed by atoms with Gasteiger partial charge in [-0.15, -0.1) is 0 Å². The van der Waals surface area contributed by atoms with E-state index in [4.69, 9.17) is 11.6 Å². The van der Waals surface area contributed by atoms with Crippen molar-refractivity contribution < 1.29 is 14.5 Å². The number of benzene rings is 3. The molecule has 3 N–H and O–H groups in total. The van der Waals surface area contributed by atoms with Gasteiger partial charge < -0.3 is 15.5 Å². The molecule has 0 saturated heterocycles. The molecule has 0 aromatic heterocycles. The molecule has 27 heavy (non-hydrogen) atoms. The van der Waals surface area contributed by atoms with Crippen molar-refractivity contribution in [1.82, 2.24) is 0 Å². The molecule has 0 aliphatic rings. The summed E-state index contributed by atoms with van der Waals surface area (Å²) < 4.78 is 0. The topological polar surface area (TPSA) is 62.6 Å². The maximum absolute atomic E-state index is 12.3. The van der Waals surface area contributed by atoms with Gasteiger partial charge in [0.25, 0.3) is 11.8 Å². The Morgan fingerprint density at radius 1 is 0.852 bits per heavy atom. The van der Waals surface area contributed by atoms with Gasteiger partial charge in [0.05, 0.1) is 17.8 Å². The van der Waals surface area contributed by atoms with Crippen LogP contribution in [0.4, 0.5) is 11.4 Å². The first-order chi connectivity index (χ1) is 13.0. The van der Waals surface area contributed by atoms with E-state index in [2.05, 4.69) is 10.6 Å². The predicted molar refractivity (Wildman–Crippen MR) is 109 cm³/mol. The fraction of sp³-hybridized carbons (Fsp3) is 0.143. The van der Waals surface area contributed by atoms with Crippen LogP contribution < -0.4 is 15.5 Å². The Hall–Kier alpha value is -2.89. The number of anilines is 2. The SMILES string of the molecule is C[NH+](CC(=O)Nc1ccc2ccccc2c1)CC(=O)Nc1ccccc1Cl. The molecular weight excluding hydrogens is 362 g/mol. The third-order valence-electron chi connectivity index (χ3n) is 4.11. The van der Waals surface area contributed by atoms with Crippen LogP contribution in [0.25, 0.3) is 10.8 Å². The van der Waals surface area contributed by atoms with Gasteiger partial charge in [0.15, 0.2) is 13.1 Å². The summed E-state index contributed by atoms with van der Waals surface area (Å²) in [4.78, 5) is 25.2. The number of hydrogen-bond acceptors (Lipinski definition) is 2. The van der Waals surface area contributed by atoms with Gasteiger partial charge in [-0.25, -0.2) is 0 Å². The first kappa shape index (κ1) is 18.9. The van der Waals surface area contributed by atoms with Crippen molar-refractivity contribution >= 4 is 45.6 Å². The van der Waals surface area contributed by atoms with Crippen molar-refractivity contribution in [2.45, 2.75) is 0 Å². The van der Waals surface area contributed by atoms with E-state index in [1.807, 2.05) is 42.5 Å². The monoisotopic (exact) mass is 382 g/mol. The Labute approximate surface area is 162 Å². The van der Waals surface area contributed by atoms with Crippen LogP contribution >= 0.6 is 11.6 Å². The molecule has 0 aliphatic carbocycles. The summed E-state index contributed by atoms with van der Waals surface area (Å²) in [5.74, 6) is -0.340. The number of carbonyl (C=O) groups is 2. The summed E-state index contributed by atoms with van der Waals surface area (Å²) in [5.41, 5.74) is 1.31. The molecule has 0 spiro atoms.